The maximum absolute atomic E-state index is 12.9. The molecule has 0 spiro atoms. The van der Waals surface area contributed by atoms with E-state index >= 15 is 0 Å². The van der Waals surface area contributed by atoms with Gasteiger partial charge in [-0.15, -0.1) is 0 Å². The minimum atomic E-state index is -0.107. The average molecular weight is 426 g/mol. The average Bonchev–Trinajstić information content (AvgIpc) is 3.01. The van der Waals surface area contributed by atoms with Crippen LogP contribution in [0.15, 0.2) is 48.7 Å². The van der Waals surface area contributed by atoms with Crippen molar-refractivity contribution in [2.75, 3.05) is 0 Å². The smallest absolute Gasteiger partial charge is 0.251 e. The third-order valence-corrected chi connectivity index (χ3v) is 5.97. The van der Waals surface area contributed by atoms with Crippen LogP contribution in [0.4, 0.5) is 0 Å². The van der Waals surface area contributed by atoms with E-state index in [1.807, 2.05) is 29.0 Å². The largest absolute Gasteiger partial charge is 0.508 e. The Balaban J connectivity index is 1.56. The Kier molecular flexibility index (Phi) is 5.07. The molecule has 3 N–H and O–H groups in total. The third-order valence-electron chi connectivity index (χ3n) is 5.67. The Bertz CT molecular complexity index is 1100. The lowest BCUT2D eigenvalue weighted by atomic mass is 9.79. The van der Waals surface area contributed by atoms with Gasteiger partial charge in [0, 0.05) is 34.3 Å². The van der Waals surface area contributed by atoms with Gasteiger partial charge in [0.25, 0.3) is 5.91 Å². The molecule has 1 amide bonds. The SMILES string of the molecule is CC1(C)CC(NC(=O)c2ccc(-n3ccc4cc(O)ccc43)c(Cl)c2)CC(C)(C)N1. The lowest BCUT2D eigenvalue weighted by Gasteiger charge is -2.46. The fourth-order valence-electron chi connectivity index (χ4n) is 4.88. The number of benzene rings is 2. The zero-order valence-electron chi connectivity index (χ0n) is 17.8. The van der Waals surface area contributed by atoms with Crippen molar-refractivity contribution >= 4 is 28.4 Å². The number of nitrogens with zero attached hydrogens (tertiary/aromatic N) is 1. The zero-order valence-corrected chi connectivity index (χ0v) is 18.5. The highest BCUT2D eigenvalue weighted by molar-refractivity contribution is 6.32. The summed E-state index contributed by atoms with van der Waals surface area (Å²) in [6, 6.07) is 12.6. The minimum absolute atomic E-state index is 0.0366. The first-order valence-corrected chi connectivity index (χ1v) is 10.6. The molecule has 0 atom stereocenters. The van der Waals surface area contributed by atoms with Crippen LogP contribution in [0.3, 0.4) is 0 Å². The van der Waals surface area contributed by atoms with E-state index in [9.17, 15) is 9.90 Å². The standard InChI is InChI=1S/C24H28ClN3O2/c1-23(2)13-17(14-24(3,4)27-23)26-22(30)16-5-7-21(19(25)12-16)28-10-9-15-11-18(29)6-8-20(15)28/h5-12,17,27,29H,13-14H2,1-4H3,(H,26,30). The number of rotatable bonds is 3. The Hall–Kier alpha value is -2.50. The molecule has 1 fully saturated rings. The molecular weight excluding hydrogens is 398 g/mol. The maximum atomic E-state index is 12.9. The highest BCUT2D eigenvalue weighted by Crippen LogP contribution is 2.30. The molecule has 2 heterocycles. The monoisotopic (exact) mass is 425 g/mol. The van der Waals surface area contributed by atoms with Crippen molar-refractivity contribution in [3.8, 4) is 11.4 Å². The number of amides is 1. The number of aromatic hydroxyl groups is 1. The third kappa shape index (κ3) is 4.18. The molecule has 0 bridgehead atoms. The highest BCUT2D eigenvalue weighted by Gasteiger charge is 2.38. The van der Waals surface area contributed by atoms with Crippen molar-refractivity contribution in [1.29, 1.82) is 0 Å². The van der Waals surface area contributed by atoms with Crippen LogP contribution in [0.5, 0.6) is 5.75 Å². The minimum Gasteiger partial charge on any atom is -0.508 e. The summed E-state index contributed by atoms with van der Waals surface area (Å²) >= 11 is 6.57. The molecule has 1 aliphatic heterocycles. The van der Waals surface area contributed by atoms with Gasteiger partial charge in [0.1, 0.15) is 5.75 Å². The fourth-order valence-corrected chi connectivity index (χ4v) is 5.15. The summed E-state index contributed by atoms with van der Waals surface area (Å²) in [4.78, 5) is 12.9. The number of carbonyl (C=O) groups is 1. The van der Waals surface area contributed by atoms with Gasteiger partial charge >= 0.3 is 0 Å². The summed E-state index contributed by atoms with van der Waals surface area (Å²) in [5.41, 5.74) is 2.20. The predicted molar refractivity (Wildman–Crippen MR) is 122 cm³/mol. The molecule has 1 saturated heterocycles. The summed E-state index contributed by atoms with van der Waals surface area (Å²) in [5, 5.41) is 17.9. The second-order valence-corrected chi connectivity index (χ2v) is 9.97. The first kappa shape index (κ1) is 20.8. The molecule has 0 radical (unpaired) electrons. The van der Waals surface area contributed by atoms with Crippen LogP contribution < -0.4 is 10.6 Å². The molecular formula is C24H28ClN3O2. The van der Waals surface area contributed by atoms with E-state index in [1.54, 1.807) is 24.3 Å². The summed E-state index contributed by atoms with van der Waals surface area (Å²) < 4.78 is 1.95. The summed E-state index contributed by atoms with van der Waals surface area (Å²) in [6.07, 6.45) is 3.65. The van der Waals surface area contributed by atoms with Gasteiger partial charge in [-0.3, -0.25) is 4.79 Å². The number of fused-ring (bicyclic) bond motifs is 1. The molecule has 6 heteroatoms. The van der Waals surface area contributed by atoms with Crippen LogP contribution >= 0.6 is 11.6 Å². The van der Waals surface area contributed by atoms with Gasteiger partial charge in [0.15, 0.2) is 0 Å². The van der Waals surface area contributed by atoms with Crippen molar-refractivity contribution in [3.63, 3.8) is 0 Å². The van der Waals surface area contributed by atoms with Crippen LogP contribution in [0.25, 0.3) is 16.6 Å². The zero-order chi connectivity index (χ0) is 21.7. The van der Waals surface area contributed by atoms with Gasteiger partial charge in [0.2, 0.25) is 0 Å². The van der Waals surface area contributed by atoms with Crippen molar-refractivity contribution in [3.05, 3.63) is 59.2 Å². The number of phenols is 1. The number of hydrogen-bond donors (Lipinski definition) is 3. The number of halogens is 1. The first-order chi connectivity index (χ1) is 14.0. The van der Waals surface area contributed by atoms with Crippen LogP contribution in [0.2, 0.25) is 5.02 Å². The number of aromatic nitrogens is 1. The molecule has 0 saturated carbocycles. The topological polar surface area (TPSA) is 66.3 Å². The van der Waals surface area contributed by atoms with Crippen LogP contribution in [0.1, 0.15) is 50.9 Å². The van der Waals surface area contributed by atoms with E-state index in [2.05, 4.69) is 38.3 Å². The second kappa shape index (κ2) is 7.33. The van der Waals surface area contributed by atoms with E-state index < -0.39 is 0 Å². The summed E-state index contributed by atoms with van der Waals surface area (Å²) in [7, 11) is 0. The predicted octanol–water partition coefficient (Wildman–Crippen LogP) is 5.03. The second-order valence-electron chi connectivity index (χ2n) is 9.57. The molecule has 0 aliphatic carbocycles. The van der Waals surface area contributed by atoms with E-state index in [4.69, 9.17) is 11.6 Å². The molecule has 4 rings (SSSR count). The number of piperidine rings is 1. The Morgan fingerprint density at radius 1 is 1.10 bits per heavy atom. The first-order valence-electron chi connectivity index (χ1n) is 10.2. The molecule has 1 aliphatic rings. The highest BCUT2D eigenvalue weighted by atomic mass is 35.5. The maximum Gasteiger partial charge on any atom is 0.251 e. The van der Waals surface area contributed by atoms with Gasteiger partial charge in [-0.25, -0.2) is 0 Å². The van der Waals surface area contributed by atoms with Crippen molar-refractivity contribution in [2.45, 2.75) is 57.7 Å². The van der Waals surface area contributed by atoms with Crippen LogP contribution in [-0.4, -0.2) is 32.7 Å². The quantitative estimate of drug-likeness (QED) is 0.551. The van der Waals surface area contributed by atoms with Gasteiger partial charge in [0.05, 0.1) is 16.2 Å². The van der Waals surface area contributed by atoms with Crippen molar-refractivity contribution in [1.82, 2.24) is 15.2 Å². The Morgan fingerprint density at radius 2 is 1.80 bits per heavy atom. The fraction of sp³-hybridized carbons (Fsp3) is 0.375. The van der Waals surface area contributed by atoms with E-state index in [-0.39, 0.29) is 28.8 Å². The van der Waals surface area contributed by atoms with Gasteiger partial charge < -0.3 is 20.3 Å². The summed E-state index contributed by atoms with van der Waals surface area (Å²) in [6.45, 7) is 8.67. The number of nitrogens with one attached hydrogen (secondary N) is 2. The molecule has 158 valence electrons. The normalized spacial score (nSPS) is 18.4. The van der Waals surface area contributed by atoms with Crippen molar-refractivity contribution < 1.29 is 9.90 Å². The Labute approximate surface area is 182 Å². The molecule has 3 aromatic rings. The lowest BCUT2D eigenvalue weighted by molar-refractivity contribution is 0.0873. The molecule has 5 nitrogen and oxygen atoms in total. The molecule has 1 aromatic heterocycles. The van der Waals surface area contributed by atoms with E-state index in [1.165, 1.54) is 0 Å². The van der Waals surface area contributed by atoms with Gasteiger partial charge in [-0.2, -0.15) is 0 Å². The van der Waals surface area contributed by atoms with Crippen molar-refractivity contribution in [2.24, 2.45) is 0 Å². The molecule has 0 unspecified atom stereocenters. The summed E-state index contributed by atoms with van der Waals surface area (Å²) in [5.74, 6) is 0.117. The number of carbonyl (C=O) groups excluding carboxylic acids is 1. The molecule has 30 heavy (non-hydrogen) atoms. The lowest BCUT2D eigenvalue weighted by Crippen LogP contribution is -2.62. The van der Waals surface area contributed by atoms with Crippen LogP contribution in [-0.2, 0) is 0 Å². The van der Waals surface area contributed by atoms with Gasteiger partial charge in [-0.1, -0.05) is 11.6 Å². The number of hydrogen-bond acceptors (Lipinski definition) is 3. The Morgan fingerprint density at radius 3 is 2.47 bits per heavy atom. The molecule has 2 aromatic carbocycles. The number of phenolic OH excluding ortho intramolecular Hbond substituents is 1. The van der Waals surface area contributed by atoms with Crippen LogP contribution in [0, 0.1) is 0 Å². The van der Waals surface area contributed by atoms with E-state index in [0.29, 0.717) is 10.6 Å². The van der Waals surface area contributed by atoms with Gasteiger partial charge in [-0.05, 0) is 83.0 Å². The van der Waals surface area contributed by atoms with E-state index in [0.717, 1.165) is 29.4 Å².